The van der Waals surface area contributed by atoms with Crippen molar-refractivity contribution in [2.24, 2.45) is 0 Å². The smallest absolute Gasteiger partial charge is 0.453 e. The SMILES string of the molecule is COc1cc(C)c2op(Oc3c(C(C)(C)C)cc(C(C)(C)C)c(C)c3-c3c(C)c(C(C)(C)C)cc(C(C)(C)C)c3Op3oc4c(C)cc(OC)cc4c4cc(OC)cc(C)c4o3)oc3c(C)cc(OC)cc3c2c1. The third kappa shape index (κ3) is 10.1. The first-order chi connectivity index (χ1) is 34.5. The molecule has 0 N–H and O–H groups in total. The van der Waals surface area contributed by atoms with Crippen LogP contribution in [-0.4, -0.2) is 28.4 Å². The second-order valence-corrected chi connectivity index (χ2v) is 25.9. The van der Waals surface area contributed by atoms with E-state index in [1.165, 1.54) is 11.1 Å². The van der Waals surface area contributed by atoms with Crippen molar-refractivity contribution in [2.75, 3.05) is 28.4 Å². The highest BCUT2D eigenvalue weighted by Crippen LogP contribution is 2.57. The predicted molar refractivity (Wildman–Crippen MR) is 306 cm³/mol. The summed E-state index contributed by atoms with van der Waals surface area (Å²) >= 11 is 0. The minimum Gasteiger partial charge on any atom is -0.497 e. The highest BCUT2D eigenvalue weighted by atomic mass is 31.1. The zero-order valence-electron chi connectivity index (χ0n) is 47.8. The average molecular weight is 1040 g/mol. The van der Waals surface area contributed by atoms with Gasteiger partial charge in [-0.25, -0.2) is 0 Å². The van der Waals surface area contributed by atoms with Crippen LogP contribution in [0.5, 0.6) is 34.5 Å². The van der Waals surface area contributed by atoms with Crippen LogP contribution in [0, 0.1) is 41.5 Å². The molecule has 0 radical (unpaired) electrons. The number of fused-ring (bicyclic) bond motifs is 6. The van der Waals surface area contributed by atoms with Crippen molar-refractivity contribution in [3.05, 3.63) is 116 Å². The Bertz CT molecular complexity index is 3220. The fourth-order valence-electron chi connectivity index (χ4n) is 10.3. The minimum absolute atomic E-state index is 0.284. The fraction of sp³-hybridized carbons (Fsp3) is 0.419. The first-order valence-corrected chi connectivity index (χ1v) is 27.5. The maximum Gasteiger partial charge on any atom is 0.453 e. The molecule has 0 saturated heterocycles. The Morgan fingerprint density at radius 3 is 0.757 bits per heavy atom. The van der Waals surface area contributed by atoms with Crippen molar-refractivity contribution in [1.82, 2.24) is 0 Å². The lowest BCUT2D eigenvalue weighted by Crippen LogP contribution is -2.22. The van der Waals surface area contributed by atoms with Gasteiger partial charge in [0.2, 0.25) is 0 Å². The molecule has 0 unspecified atom stereocenters. The van der Waals surface area contributed by atoms with Crippen LogP contribution < -0.4 is 28.0 Å². The number of hydrogen-bond donors (Lipinski definition) is 0. The van der Waals surface area contributed by atoms with Crippen LogP contribution in [0.15, 0.2) is 77.5 Å². The maximum atomic E-state index is 7.62. The van der Waals surface area contributed by atoms with Gasteiger partial charge in [-0.1, -0.05) is 95.2 Å². The standard InChI is InChI=1S/C62H76O10P2/c1-33-23-39(63-19)27-43-44-28-40(64-20)24-34(2)54(44)68-73(67-53(33)43)71-57-49(61(13,14)15)31-47(59(7,8)9)37(5)51(57)52-38(6)48(60(10,11)12)32-50(62(16,17)18)58(52)72-74-69-55-35(3)25-41(65-21)29-45(55)46-30-42(66-22)26-36(4)56(46)70-74/h23-32H,1-22H3. The number of aryl methyl sites for hydroxylation is 4. The van der Waals surface area contributed by atoms with E-state index in [-0.39, 0.29) is 10.8 Å². The van der Waals surface area contributed by atoms with Crippen LogP contribution in [0.4, 0.5) is 0 Å². The van der Waals surface area contributed by atoms with Crippen LogP contribution >= 0.6 is 16.5 Å². The Kier molecular flexibility index (Phi) is 14.3. The van der Waals surface area contributed by atoms with Crippen LogP contribution in [-0.2, 0) is 21.7 Å². The van der Waals surface area contributed by atoms with Gasteiger partial charge in [0.25, 0.3) is 0 Å². The van der Waals surface area contributed by atoms with Crippen molar-refractivity contribution in [1.29, 1.82) is 0 Å². The summed E-state index contributed by atoms with van der Waals surface area (Å²) in [6.45, 7) is 39.5. The Labute approximate surface area is 439 Å². The van der Waals surface area contributed by atoms with E-state index in [9.17, 15) is 0 Å². The molecule has 0 aliphatic heterocycles. The Balaban J connectivity index is 1.58. The summed E-state index contributed by atoms with van der Waals surface area (Å²) in [6, 6.07) is 20.5. The molecule has 8 aromatic rings. The molecule has 0 fully saturated rings. The maximum absolute atomic E-state index is 7.62. The fourth-order valence-corrected chi connectivity index (χ4v) is 12.7. The van der Waals surface area contributed by atoms with Crippen molar-refractivity contribution in [3.63, 3.8) is 0 Å². The summed E-state index contributed by atoms with van der Waals surface area (Å²) in [6.07, 6.45) is 0. The molecule has 0 spiro atoms. The van der Waals surface area contributed by atoms with Gasteiger partial charge in [0.1, 0.15) is 56.8 Å². The lowest BCUT2D eigenvalue weighted by atomic mass is 9.72. The van der Waals surface area contributed by atoms with Crippen molar-refractivity contribution in [3.8, 4) is 45.6 Å². The Hall–Kier alpha value is -6.08. The zero-order valence-corrected chi connectivity index (χ0v) is 49.5. The molecule has 0 aliphatic rings. The summed E-state index contributed by atoms with van der Waals surface area (Å²) in [7, 11) is 2.31. The van der Waals surface area contributed by atoms with E-state index >= 15 is 0 Å². The molecule has 0 saturated carbocycles. The normalized spacial score (nSPS) is 12.5. The van der Waals surface area contributed by atoms with E-state index in [0.717, 1.165) is 77.2 Å². The topological polar surface area (TPSA) is 108 Å². The van der Waals surface area contributed by atoms with Crippen molar-refractivity contribution in [2.45, 2.75) is 146 Å². The highest BCUT2D eigenvalue weighted by Gasteiger charge is 2.37. The second kappa shape index (κ2) is 19.6. The number of benzene rings is 6. The van der Waals surface area contributed by atoms with E-state index in [1.807, 2.05) is 76.2 Å². The third-order valence-corrected chi connectivity index (χ3v) is 16.1. The Morgan fingerprint density at radius 1 is 0.324 bits per heavy atom. The number of methoxy groups -OCH3 is 4. The van der Waals surface area contributed by atoms with Gasteiger partial charge in [0.05, 0.1) is 28.4 Å². The number of ether oxygens (including phenoxy) is 4. The zero-order chi connectivity index (χ0) is 54.3. The van der Waals surface area contributed by atoms with E-state index < -0.39 is 27.3 Å². The molecule has 2 heterocycles. The lowest BCUT2D eigenvalue weighted by Gasteiger charge is -2.34. The van der Waals surface area contributed by atoms with Gasteiger partial charge < -0.3 is 44.8 Å². The van der Waals surface area contributed by atoms with Gasteiger partial charge >= 0.3 is 16.5 Å². The van der Waals surface area contributed by atoms with Gasteiger partial charge in [0, 0.05) is 43.8 Å². The summed E-state index contributed by atoms with van der Waals surface area (Å²) in [5.41, 5.74) is 12.8. The molecular weight excluding hydrogens is 967 g/mol. The summed E-state index contributed by atoms with van der Waals surface area (Å²) in [5, 5.41) is 3.27. The lowest BCUT2D eigenvalue weighted by molar-refractivity contribution is 0.414. The molecular formula is C62H76O10P2. The first-order valence-electron chi connectivity index (χ1n) is 25.3. The van der Waals surface area contributed by atoms with Crippen LogP contribution in [0.1, 0.15) is 139 Å². The number of hydrogen-bond acceptors (Lipinski definition) is 10. The van der Waals surface area contributed by atoms with Crippen LogP contribution in [0.2, 0.25) is 0 Å². The molecule has 12 heteroatoms. The van der Waals surface area contributed by atoms with Gasteiger partial charge in [-0.3, -0.25) is 0 Å². The van der Waals surface area contributed by atoms with Crippen molar-refractivity contribution < 1.29 is 44.8 Å². The molecule has 394 valence electrons. The summed E-state index contributed by atoms with van der Waals surface area (Å²) < 4.78 is 67.0. The molecule has 2 aromatic heterocycles. The van der Waals surface area contributed by atoms with E-state index in [1.54, 1.807) is 28.4 Å². The molecule has 0 amide bonds. The highest BCUT2D eigenvalue weighted by molar-refractivity contribution is 7.32. The first kappa shape index (κ1) is 54.2. The second-order valence-electron chi connectivity index (χ2n) is 23.9. The largest absolute Gasteiger partial charge is 0.497 e. The quantitative estimate of drug-likeness (QED) is 0.139. The van der Waals surface area contributed by atoms with Gasteiger partial charge in [-0.15, -0.1) is 0 Å². The van der Waals surface area contributed by atoms with Gasteiger partial charge in [0.15, 0.2) is 0 Å². The molecule has 0 aliphatic carbocycles. The summed E-state index contributed by atoms with van der Waals surface area (Å²) in [5.74, 6) is 4.09. The Morgan fingerprint density at radius 2 is 0.554 bits per heavy atom. The molecule has 74 heavy (non-hydrogen) atoms. The summed E-state index contributed by atoms with van der Waals surface area (Å²) in [4.78, 5) is 0. The average Bonchev–Trinajstić information content (AvgIpc) is 3.56. The van der Waals surface area contributed by atoms with Crippen molar-refractivity contribution >= 4 is 60.4 Å². The minimum atomic E-state index is -2.19. The molecule has 6 aromatic carbocycles. The van der Waals surface area contributed by atoms with Gasteiger partial charge in [-0.2, -0.15) is 0 Å². The molecule has 0 bridgehead atoms. The monoisotopic (exact) mass is 1040 g/mol. The predicted octanol–water partition coefficient (Wildman–Crippen LogP) is 19.3. The van der Waals surface area contributed by atoms with E-state index in [2.05, 4.69) is 109 Å². The van der Waals surface area contributed by atoms with E-state index in [4.69, 9.17) is 44.8 Å². The third-order valence-electron chi connectivity index (χ3n) is 14.1. The van der Waals surface area contributed by atoms with Crippen LogP contribution in [0.3, 0.4) is 0 Å². The molecule has 10 nitrogen and oxygen atoms in total. The molecule has 0 atom stereocenters. The van der Waals surface area contributed by atoms with E-state index in [0.29, 0.717) is 56.8 Å². The van der Waals surface area contributed by atoms with Crippen LogP contribution in [0.25, 0.3) is 55.0 Å². The van der Waals surface area contributed by atoms with Gasteiger partial charge in [-0.05, 0) is 156 Å². The number of rotatable bonds is 9. The molecule has 8 rings (SSSR count).